The van der Waals surface area contributed by atoms with E-state index in [0.717, 1.165) is 23.6 Å². The number of carbonyl (C=O) groups is 1. The van der Waals surface area contributed by atoms with E-state index >= 15 is 0 Å². The van der Waals surface area contributed by atoms with Gasteiger partial charge in [-0.05, 0) is 42.9 Å². The van der Waals surface area contributed by atoms with Gasteiger partial charge in [0.15, 0.2) is 0 Å². The lowest BCUT2D eigenvalue weighted by Gasteiger charge is -2.06. The Morgan fingerprint density at radius 3 is 2.74 bits per heavy atom. The molecule has 5 nitrogen and oxygen atoms in total. The van der Waals surface area contributed by atoms with Gasteiger partial charge in [0, 0.05) is 11.8 Å². The molecule has 1 amide bonds. The van der Waals surface area contributed by atoms with Gasteiger partial charge in [-0.2, -0.15) is 0 Å². The van der Waals surface area contributed by atoms with Crippen molar-refractivity contribution in [1.29, 1.82) is 0 Å². The first-order valence-corrected chi connectivity index (χ1v) is 8.01. The largest absolute Gasteiger partial charge is 0.497 e. The first kappa shape index (κ1) is 14.2. The predicted octanol–water partition coefficient (Wildman–Crippen LogP) is 3.10. The fraction of sp³-hybridized carbons (Fsp3) is 0.389. The lowest BCUT2D eigenvalue weighted by molar-refractivity contribution is -0.117. The van der Waals surface area contributed by atoms with Crippen LogP contribution in [-0.4, -0.2) is 23.0 Å². The number of hydrogen-bond acceptors (Lipinski definition) is 4. The molecule has 2 saturated carbocycles. The zero-order valence-corrected chi connectivity index (χ0v) is 13.0. The smallest absolute Gasteiger partial charge is 0.228 e. The second kappa shape index (κ2) is 5.65. The maximum Gasteiger partial charge on any atom is 0.228 e. The van der Waals surface area contributed by atoms with Gasteiger partial charge in [-0.25, -0.2) is 9.97 Å². The molecule has 0 bridgehead atoms. The zero-order valence-electron chi connectivity index (χ0n) is 13.0. The molecule has 118 valence electrons. The second-order valence-corrected chi connectivity index (χ2v) is 6.32. The minimum absolute atomic E-state index is 0.0187. The molecule has 1 N–H and O–H groups in total. The van der Waals surface area contributed by atoms with E-state index in [-0.39, 0.29) is 17.7 Å². The van der Waals surface area contributed by atoms with E-state index in [4.69, 9.17) is 4.74 Å². The number of aromatic nitrogens is 2. The molecule has 1 heterocycles. The van der Waals surface area contributed by atoms with Crippen molar-refractivity contribution in [2.75, 3.05) is 12.4 Å². The van der Waals surface area contributed by atoms with Crippen LogP contribution in [0.15, 0.2) is 36.7 Å². The number of ether oxygens (including phenoxy) is 1. The number of nitrogens with one attached hydrogen (secondary N) is 1. The molecule has 0 saturated heterocycles. The summed E-state index contributed by atoms with van der Waals surface area (Å²) in [5.41, 5.74) is 1.83. The van der Waals surface area contributed by atoms with Crippen molar-refractivity contribution >= 4 is 11.6 Å². The van der Waals surface area contributed by atoms with E-state index < -0.39 is 0 Å². The number of methoxy groups -OCH3 is 1. The highest BCUT2D eigenvalue weighted by molar-refractivity contribution is 5.95. The van der Waals surface area contributed by atoms with E-state index in [1.807, 2.05) is 24.3 Å². The molecule has 5 heteroatoms. The van der Waals surface area contributed by atoms with Crippen LogP contribution in [-0.2, 0) is 4.79 Å². The fourth-order valence-electron chi connectivity index (χ4n) is 2.92. The van der Waals surface area contributed by atoms with Gasteiger partial charge in [0.25, 0.3) is 0 Å². The Kier molecular flexibility index (Phi) is 3.48. The highest BCUT2D eigenvalue weighted by atomic mass is 16.5. The van der Waals surface area contributed by atoms with E-state index in [0.29, 0.717) is 11.6 Å². The Bertz CT molecular complexity index is 725. The maximum absolute atomic E-state index is 12.3. The highest BCUT2D eigenvalue weighted by Crippen LogP contribution is 2.48. The third-order valence-corrected chi connectivity index (χ3v) is 4.53. The summed E-state index contributed by atoms with van der Waals surface area (Å²) < 4.78 is 5.24. The van der Waals surface area contributed by atoms with Gasteiger partial charge in [-0.1, -0.05) is 12.1 Å². The summed E-state index contributed by atoms with van der Waals surface area (Å²) in [5, 5.41) is 2.92. The molecule has 2 unspecified atom stereocenters. The van der Waals surface area contributed by atoms with Gasteiger partial charge < -0.3 is 10.1 Å². The Labute approximate surface area is 135 Å². The Morgan fingerprint density at radius 2 is 2.04 bits per heavy atom. The van der Waals surface area contributed by atoms with Crippen molar-refractivity contribution < 1.29 is 9.53 Å². The molecular formula is C18H19N3O2. The van der Waals surface area contributed by atoms with Crippen LogP contribution in [0.25, 0.3) is 0 Å². The first-order valence-electron chi connectivity index (χ1n) is 8.01. The van der Waals surface area contributed by atoms with E-state index in [1.54, 1.807) is 19.5 Å². The Hall–Kier alpha value is -2.43. The summed E-state index contributed by atoms with van der Waals surface area (Å²) in [7, 11) is 1.65. The van der Waals surface area contributed by atoms with Gasteiger partial charge in [-0.15, -0.1) is 0 Å². The summed E-state index contributed by atoms with van der Waals surface area (Å²) in [5.74, 6) is 2.59. The lowest BCUT2D eigenvalue weighted by atomic mass is 10.1. The molecule has 2 aliphatic rings. The number of hydrogen-bond donors (Lipinski definition) is 1. The number of amides is 1. The number of benzene rings is 1. The quantitative estimate of drug-likeness (QED) is 0.921. The van der Waals surface area contributed by atoms with Crippen LogP contribution >= 0.6 is 0 Å². The van der Waals surface area contributed by atoms with Gasteiger partial charge in [0.05, 0.1) is 25.2 Å². The average molecular weight is 309 g/mol. The van der Waals surface area contributed by atoms with Crippen LogP contribution in [0.3, 0.4) is 0 Å². The SMILES string of the molecule is COc1cccc(C2CC2C(=O)Nc2cnc(C3CC3)nc2)c1. The fourth-order valence-corrected chi connectivity index (χ4v) is 2.92. The summed E-state index contributed by atoms with van der Waals surface area (Å²) in [4.78, 5) is 21.0. The Balaban J connectivity index is 1.38. The maximum atomic E-state index is 12.3. The summed E-state index contributed by atoms with van der Waals surface area (Å²) in [6.07, 6.45) is 6.65. The number of nitrogens with zero attached hydrogens (tertiary/aromatic N) is 2. The molecule has 0 aliphatic heterocycles. The summed E-state index contributed by atoms with van der Waals surface area (Å²) in [6.45, 7) is 0. The van der Waals surface area contributed by atoms with Crippen LogP contribution < -0.4 is 10.1 Å². The molecule has 1 aromatic carbocycles. The number of rotatable bonds is 5. The summed E-state index contributed by atoms with van der Waals surface area (Å²) >= 11 is 0. The summed E-state index contributed by atoms with van der Waals surface area (Å²) in [6, 6.07) is 7.94. The topological polar surface area (TPSA) is 64.1 Å². The Morgan fingerprint density at radius 1 is 1.26 bits per heavy atom. The third-order valence-electron chi connectivity index (χ3n) is 4.53. The van der Waals surface area contributed by atoms with E-state index in [9.17, 15) is 4.79 Å². The molecule has 23 heavy (non-hydrogen) atoms. The highest BCUT2D eigenvalue weighted by Gasteiger charge is 2.44. The minimum Gasteiger partial charge on any atom is -0.497 e. The van der Waals surface area contributed by atoms with Crippen molar-refractivity contribution in [2.45, 2.75) is 31.1 Å². The van der Waals surface area contributed by atoms with Gasteiger partial charge in [-0.3, -0.25) is 4.79 Å². The molecule has 4 rings (SSSR count). The standard InChI is InChI=1S/C18H19N3O2/c1-23-14-4-2-3-12(7-14)15-8-16(15)18(22)21-13-9-19-17(20-10-13)11-5-6-11/h2-4,7,9-11,15-16H,5-6,8H2,1H3,(H,21,22). The van der Waals surface area contributed by atoms with Crippen LogP contribution in [0.4, 0.5) is 5.69 Å². The van der Waals surface area contributed by atoms with Crippen LogP contribution in [0.5, 0.6) is 5.75 Å². The van der Waals surface area contributed by atoms with Gasteiger partial charge in [0.2, 0.25) is 5.91 Å². The molecule has 2 aromatic rings. The van der Waals surface area contributed by atoms with Crippen LogP contribution in [0, 0.1) is 5.92 Å². The predicted molar refractivity (Wildman–Crippen MR) is 86.5 cm³/mol. The van der Waals surface area contributed by atoms with Crippen LogP contribution in [0.1, 0.15) is 42.5 Å². The van der Waals surface area contributed by atoms with Gasteiger partial charge >= 0.3 is 0 Å². The molecule has 0 radical (unpaired) electrons. The van der Waals surface area contributed by atoms with Crippen molar-refractivity contribution in [3.63, 3.8) is 0 Å². The van der Waals surface area contributed by atoms with E-state index in [2.05, 4.69) is 15.3 Å². The van der Waals surface area contributed by atoms with E-state index in [1.165, 1.54) is 12.8 Å². The van der Waals surface area contributed by atoms with Crippen LogP contribution in [0.2, 0.25) is 0 Å². The molecule has 2 fully saturated rings. The normalized spacial score (nSPS) is 22.5. The monoisotopic (exact) mass is 309 g/mol. The van der Waals surface area contributed by atoms with Crippen molar-refractivity contribution in [2.24, 2.45) is 5.92 Å². The molecular weight excluding hydrogens is 290 g/mol. The van der Waals surface area contributed by atoms with Crippen molar-refractivity contribution in [3.05, 3.63) is 48.0 Å². The van der Waals surface area contributed by atoms with Gasteiger partial charge in [0.1, 0.15) is 11.6 Å². The molecule has 0 spiro atoms. The molecule has 2 atom stereocenters. The lowest BCUT2D eigenvalue weighted by Crippen LogP contribution is -2.15. The number of anilines is 1. The second-order valence-electron chi connectivity index (χ2n) is 6.32. The van der Waals surface area contributed by atoms with Crippen molar-refractivity contribution in [3.8, 4) is 5.75 Å². The zero-order chi connectivity index (χ0) is 15.8. The third kappa shape index (κ3) is 3.04. The first-order chi connectivity index (χ1) is 11.2. The van der Waals surface area contributed by atoms with Crippen molar-refractivity contribution in [1.82, 2.24) is 9.97 Å². The minimum atomic E-state index is 0.0187. The number of carbonyl (C=O) groups excluding carboxylic acids is 1. The molecule has 2 aliphatic carbocycles. The molecule has 1 aromatic heterocycles. The average Bonchev–Trinajstić information content (AvgIpc) is 3.48.